The molecule has 0 radical (unpaired) electrons. The Labute approximate surface area is 130 Å². The number of thiophene rings is 2. The first kappa shape index (κ1) is 13.5. The summed E-state index contributed by atoms with van der Waals surface area (Å²) in [5.41, 5.74) is 0. The summed E-state index contributed by atoms with van der Waals surface area (Å²) in [6.45, 7) is -0.0350. The highest BCUT2D eigenvalue weighted by atomic mass is 79.9. The number of rotatable bonds is 4. The van der Waals surface area contributed by atoms with Gasteiger partial charge in [-0.3, -0.25) is 0 Å². The van der Waals surface area contributed by atoms with E-state index in [4.69, 9.17) is 9.26 Å². The van der Waals surface area contributed by atoms with Gasteiger partial charge >= 0.3 is 5.97 Å². The van der Waals surface area contributed by atoms with Crippen molar-refractivity contribution in [2.75, 3.05) is 0 Å². The average molecular weight is 371 g/mol. The van der Waals surface area contributed by atoms with Gasteiger partial charge in [-0.05, 0) is 39.5 Å². The number of nitrogens with zero attached hydrogens (tertiary/aromatic N) is 2. The normalized spacial score (nSPS) is 10.7. The van der Waals surface area contributed by atoms with Crippen LogP contribution in [0.15, 0.2) is 38.0 Å². The van der Waals surface area contributed by atoms with Crippen molar-refractivity contribution in [2.45, 2.75) is 6.61 Å². The van der Waals surface area contributed by atoms with Gasteiger partial charge in [0.15, 0.2) is 6.61 Å². The quantitative estimate of drug-likeness (QED) is 0.649. The number of esters is 1. The fourth-order valence-corrected chi connectivity index (χ4v) is 3.37. The lowest BCUT2D eigenvalue weighted by Gasteiger charge is -1.98. The number of hydrogen-bond acceptors (Lipinski definition) is 7. The predicted molar refractivity (Wildman–Crippen MR) is 78.7 cm³/mol. The minimum Gasteiger partial charge on any atom is -0.451 e. The van der Waals surface area contributed by atoms with Crippen molar-refractivity contribution in [3.8, 4) is 10.7 Å². The molecule has 0 aromatic carbocycles. The highest BCUT2D eigenvalue weighted by molar-refractivity contribution is 9.11. The lowest BCUT2D eigenvalue weighted by atomic mass is 10.4. The number of halogens is 1. The molecule has 8 heteroatoms. The Hall–Kier alpha value is -1.51. The van der Waals surface area contributed by atoms with Crippen LogP contribution in [0, 0.1) is 0 Å². The van der Waals surface area contributed by atoms with Crippen LogP contribution in [0.5, 0.6) is 0 Å². The number of carbonyl (C=O) groups excluding carboxylic acids is 1. The van der Waals surface area contributed by atoms with Crippen molar-refractivity contribution in [3.63, 3.8) is 0 Å². The molecule has 0 N–H and O–H groups in total. The Morgan fingerprint density at radius 3 is 3.00 bits per heavy atom. The molecule has 3 heterocycles. The molecule has 0 aliphatic carbocycles. The molecule has 3 aromatic rings. The van der Waals surface area contributed by atoms with E-state index in [0.717, 1.165) is 8.66 Å². The van der Waals surface area contributed by atoms with E-state index in [0.29, 0.717) is 10.7 Å². The molecule has 0 aliphatic heterocycles. The molecule has 3 aromatic heterocycles. The van der Waals surface area contributed by atoms with E-state index >= 15 is 0 Å². The fourth-order valence-electron chi connectivity index (χ4n) is 1.44. The van der Waals surface area contributed by atoms with E-state index in [2.05, 4.69) is 26.1 Å². The highest BCUT2D eigenvalue weighted by Crippen LogP contribution is 2.24. The van der Waals surface area contributed by atoms with Gasteiger partial charge in [-0.15, -0.1) is 22.7 Å². The third kappa shape index (κ3) is 2.97. The van der Waals surface area contributed by atoms with Crippen molar-refractivity contribution in [3.05, 3.63) is 44.2 Å². The number of carbonyl (C=O) groups is 1. The minimum atomic E-state index is -0.406. The van der Waals surface area contributed by atoms with Crippen LogP contribution < -0.4 is 0 Å². The van der Waals surface area contributed by atoms with Crippen molar-refractivity contribution in [1.82, 2.24) is 10.1 Å². The van der Waals surface area contributed by atoms with Gasteiger partial charge in [0.25, 0.3) is 5.89 Å². The smallest absolute Gasteiger partial charge is 0.348 e. The topological polar surface area (TPSA) is 65.2 Å². The van der Waals surface area contributed by atoms with Gasteiger partial charge in [0.1, 0.15) is 4.88 Å². The van der Waals surface area contributed by atoms with Crippen molar-refractivity contribution in [2.24, 2.45) is 0 Å². The lowest BCUT2D eigenvalue weighted by molar-refractivity contribution is 0.0435. The molecule has 0 spiro atoms. The zero-order valence-electron chi connectivity index (χ0n) is 9.91. The molecular formula is C12H7BrN2O3S2. The second-order valence-corrected chi connectivity index (χ2v) is 7.08. The van der Waals surface area contributed by atoms with Gasteiger partial charge in [0.2, 0.25) is 5.82 Å². The number of hydrogen-bond donors (Lipinski definition) is 0. The summed E-state index contributed by atoms with van der Waals surface area (Å²) in [5.74, 6) is 0.374. The van der Waals surface area contributed by atoms with Crippen LogP contribution in [0.2, 0.25) is 0 Å². The number of ether oxygens (including phenoxy) is 1. The summed E-state index contributed by atoms with van der Waals surface area (Å²) in [6.07, 6.45) is 0. The van der Waals surface area contributed by atoms with Crippen LogP contribution in [0.1, 0.15) is 15.6 Å². The molecule has 0 aliphatic rings. The molecule has 5 nitrogen and oxygen atoms in total. The fraction of sp³-hybridized carbons (Fsp3) is 0.0833. The van der Waals surface area contributed by atoms with Crippen LogP contribution in [-0.2, 0) is 11.3 Å². The Morgan fingerprint density at radius 1 is 1.40 bits per heavy atom. The van der Waals surface area contributed by atoms with Crippen molar-refractivity contribution >= 4 is 44.6 Å². The molecule has 0 saturated carbocycles. The third-order valence-electron chi connectivity index (χ3n) is 2.31. The first-order valence-corrected chi connectivity index (χ1v) is 8.00. The first-order valence-electron chi connectivity index (χ1n) is 5.51. The van der Waals surface area contributed by atoms with Gasteiger partial charge in [0, 0.05) is 0 Å². The van der Waals surface area contributed by atoms with Crippen LogP contribution in [-0.4, -0.2) is 16.1 Å². The van der Waals surface area contributed by atoms with Crippen LogP contribution in [0.25, 0.3) is 10.7 Å². The summed E-state index contributed by atoms with van der Waals surface area (Å²) in [4.78, 5) is 17.4. The summed E-state index contributed by atoms with van der Waals surface area (Å²) >= 11 is 6.12. The van der Waals surface area contributed by atoms with E-state index in [9.17, 15) is 4.79 Å². The molecule has 20 heavy (non-hydrogen) atoms. The monoisotopic (exact) mass is 370 g/mol. The zero-order valence-corrected chi connectivity index (χ0v) is 13.1. The summed E-state index contributed by atoms with van der Waals surface area (Å²) in [7, 11) is 0. The van der Waals surface area contributed by atoms with E-state index in [-0.39, 0.29) is 12.5 Å². The van der Waals surface area contributed by atoms with Crippen LogP contribution >= 0.6 is 38.6 Å². The first-order chi connectivity index (χ1) is 9.72. The van der Waals surface area contributed by atoms with Gasteiger partial charge in [-0.25, -0.2) is 4.79 Å². The Morgan fingerprint density at radius 2 is 2.30 bits per heavy atom. The third-order valence-corrected chi connectivity index (χ3v) is 4.78. The SMILES string of the molecule is O=C(OCc1nc(-c2cccs2)no1)c1ccc(Br)s1. The largest absolute Gasteiger partial charge is 0.451 e. The van der Waals surface area contributed by atoms with Crippen LogP contribution in [0.4, 0.5) is 0 Å². The second-order valence-electron chi connectivity index (χ2n) is 3.67. The average Bonchev–Trinajstić information content (AvgIpc) is 3.16. The van der Waals surface area contributed by atoms with E-state index in [1.807, 2.05) is 17.5 Å². The maximum absolute atomic E-state index is 11.7. The lowest BCUT2D eigenvalue weighted by Crippen LogP contribution is -2.03. The predicted octanol–water partition coefficient (Wildman–Crippen LogP) is 3.98. The second kappa shape index (κ2) is 5.86. The summed E-state index contributed by atoms with van der Waals surface area (Å²) in [6, 6.07) is 7.30. The molecule has 0 bridgehead atoms. The molecule has 0 saturated heterocycles. The Kier molecular flexibility index (Phi) is 3.95. The molecule has 0 unspecified atom stereocenters. The standard InChI is InChI=1S/C12H7BrN2O3S2/c13-9-4-3-8(20-9)12(16)17-6-10-14-11(15-18-10)7-2-1-5-19-7/h1-5H,6H2. The summed E-state index contributed by atoms with van der Waals surface area (Å²) in [5, 5.41) is 5.77. The van der Waals surface area contributed by atoms with Gasteiger partial charge < -0.3 is 9.26 Å². The molecule has 102 valence electrons. The molecule has 0 atom stereocenters. The maximum Gasteiger partial charge on any atom is 0.348 e. The zero-order chi connectivity index (χ0) is 13.9. The minimum absolute atomic E-state index is 0.0350. The Balaban J connectivity index is 1.63. The molecule has 0 amide bonds. The maximum atomic E-state index is 11.7. The molecular weight excluding hydrogens is 364 g/mol. The van der Waals surface area contributed by atoms with Gasteiger partial charge in [-0.1, -0.05) is 11.2 Å². The summed E-state index contributed by atoms with van der Waals surface area (Å²) < 4.78 is 11.0. The van der Waals surface area contributed by atoms with E-state index < -0.39 is 5.97 Å². The molecule has 3 rings (SSSR count). The van der Waals surface area contributed by atoms with Crippen molar-refractivity contribution < 1.29 is 14.1 Å². The van der Waals surface area contributed by atoms with Gasteiger partial charge in [-0.2, -0.15) is 4.98 Å². The molecule has 0 fully saturated rings. The van der Waals surface area contributed by atoms with Crippen LogP contribution in [0.3, 0.4) is 0 Å². The van der Waals surface area contributed by atoms with E-state index in [1.54, 1.807) is 12.1 Å². The number of aromatic nitrogens is 2. The van der Waals surface area contributed by atoms with E-state index in [1.165, 1.54) is 22.7 Å². The van der Waals surface area contributed by atoms with Gasteiger partial charge in [0.05, 0.1) is 8.66 Å². The highest BCUT2D eigenvalue weighted by Gasteiger charge is 2.14. The Bertz CT molecular complexity index is 721. The van der Waals surface area contributed by atoms with Crippen molar-refractivity contribution in [1.29, 1.82) is 0 Å².